The molecule has 1 heterocycles. The highest BCUT2D eigenvalue weighted by atomic mass is 15.2. The molecule has 1 atom stereocenters. The van der Waals surface area contributed by atoms with Crippen LogP contribution < -0.4 is 5.32 Å². The van der Waals surface area contributed by atoms with Crippen molar-refractivity contribution in [1.82, 2.24) is 10.2 Å². The number of likely N-dealkylation sites (tertiary alicyclic amines) is 1. The van der Waals surface area contributed by atoms with Gasteiger partial charge < -0.3 is 5.32 Å². The quantitative estimate of drug-likeness (QED) is 0.680. The Labute approximate surface area is 86.1 Å². The van der Waals surface area contributed by atoms with Gasteiger partial charge in [0.2, 0.25) is 0 Å². The van der Waals surface area contributed by atoms with Crippen molar-refractivity contribution < 1.29 is 0 Å². The minimum Gasteiger partial charge on any atom is -0.312 e. The van der Waals surface area contributed by atoms with E-state index in [1.807, 2.05) is 0 Å². The Morgan fingerprint density at radius 1 is 1.29 bits per heavy atom. The summed E-state index contributed by atoms with van der Waals surface area (Å²) in [7, 11) is 0. The molecule has 0 aromatic heterocycles. The lowest BCUT2D eigenvalue weighted by atomic mass is 10.0. The van der Waals surface area contributed by atoms with Crippen LogP contribution in [-0.2, 0) is 0 Å². The van der Waals surface area contributed by atoms with E-state index >= 15 is 0 Å². The fourth-order valence-corrected chi connectivity index (χ4v) is 2.18. The topological polar surface area (TPSA) is 39.1 Å². The summed E-state index contributed by atoms with van der Waals surface area (Å²) in [6.45, 7) is 2.81. The van der Waals surface area contributed by atoms with E-state index in [2.05, 4.69) is 16.3 Å². The van der Waals surface area contributed by atoms with E-state index in [-0.39, 0.29) is 0 Å². The molecule has 0 bridgehead atoms. The van der Waals surface area contributed by atoms with Crippen LogP contribution >= 0.6 is 0 Å². The predicted octanol–water partition coefficient (Wildman–Crippen LogP) is 1.12. The van der Waals surface area contributed by atoms with Gasteiger partial charge in [-0.3, -0.25) is 4.90 Å². The number of piperidine rings is 1. The standard InChI is InChI=1S/C11H19N3/c12-6-8-14-7-2-1-3-11(14)9-13-10-4-5-10/h10-11,13H,1-5,7-9H2. The first-order valence-electron chi connectivity index (χ1n) is 5.74. The average molecular weight is 193 g/mol. The first-order chi connectivity index (χ1) is 6.90. The molecule has 2 fully saturated rings. The van der Waals surface area contributed by atoms with Crippen molar-refractivity contribution in [3.05, 3.63) is 0 Å². The molecule has 78 valence electrons. The van der Waals surface area contributed by atoms with Gasteiger partial charge in [0.25, 0.3) is 0 Å². The van der Waals surface area contributed by atoms with E-state index < -0.39 is 0 Å². The van der Waals surface area contributed by atoms with E-state index in [1.54, 1.807) is 0 Å². The molecule has 2 aliphatic rings. The summed E-state index contributed by atoms with van der Waals surface area (Å²) in [5.74, 6) is 0. The number of nitriles is 1. The Kier molecular flexibility index (Phi) is 3.39. The monoisotopic (exact) mass is 193 g/mol. The number of nitrogens with one attached hydrogen (secondary N) is 1. The van der Waals surface area contributed by atoms with Gasteiger partial charge in [0, 0.05) is 18.6 Å². The molecule has 0 spiro atoms. The second-order valence-electron chi connectivity index (χ2n) is 4.46. The number of rotatable bonds is 4. The summed E-state index contributed by atoms with van der Waals surface area (Å²) in [5, 5.41) is 12.3. The van der Waals surface area contributed by atoms with Gasteiger partial charge in [-0.1, -0.05) is 6.42 Å². The van der Waals surface area contributed by atoms with Gasteiger partial charge in [0.15, 0.2) is 0 Å². The highest BCUT2D eigenvalue weighted by Gasteiger charge is 2.25. The van der Waals surface area contributed by atoms with Crippen LogP contribution in [0, 0.1) is 11.3 Å². The molecule has 1 unspecified atom stereocenters. The molecule has 1 aliphatic heterocycles. The first-order valence-corrected chi connectivity index (χ1v) is 5.74. The van der Waals surface area contributed by atoms with Crippen molar-refractivity contribution in [1.29, 1.82) is 5.26 Å². The van der Waals surface area contributed by atoms with Crippen molar-refractivity contribution >= 4 is 0 Å². The van der Waals surface area contributed by atoms with Gasteiger partial charge in [0.1, 0.15) is 0 Å². The third-order valence-corrected chi connectivity index (χ3v) is 3.24. The fourth-order valence-electron chi connectivity index (χ4n) is 2.18. The molecule has 3 nitrogen and oxygen atoms in total. The Bertz CT molecular complexity index is 217. The minimum atomic E-state index is 0.608. The summed E-state index contributed by atoms with van der Waals surface area (Å²) in [6.07, 6.45) is 6.57. The van der Waals surface area contributed by atoms with Crippen molar-refractivity contribution in [3.63, 3.8) is 0 Å². The fraction of sp³-hybridized carbons (Fsp3) is 0.909. The summed E-state index contributed by atoms with van der Waals surface area (Å²) in [4.78, 5) is 2.33. The van der Waals surface area contributed by atoms with Gasteiger partial charge in [-0.2, -0.15) is 5.26 Å². The van der Waals surface area contributed by atoms with Crippen LogP contribution in [-0.4, -0.2) is 36.6 Å². The number of nitrogens with zero attached hydrogens (tertiary/aromatic N) is 2. The molecule has 0 radical (unpaired) electrons. The molecule has 0 aromatic carbocycles. The van der Waals surface area contributed by atoms with Crippen LogP contribution in [0.5, 0.6) is 0 Å². The molecule has 1 aliphatic carbocycles. The van der Waals surface area contributed by atoms with Gasteiger partial charge in [0.05, 0.1) is 12.6 Å². The van der Waals surface area contributed by atoms with E-state index in [1.165, 1.54) is 32.1 Å². The maximum absolute atomic E-state index is 8.71. The lowest BCUT2D eigenvalue weighted by Crippen LogP contribution is -2.45. The van der Waals surface area contributed by atoms with Gasteiger partial charge in [-0.05, 0) is 32.2 Å². The molecule has 14 heavy (non-hydrogen) atoms. The highest BCUT2D eigenvalue weighted by Crippen LogP contribution is 2.21. The zero-order valence-corrected chi connectivity index (χ0v) is 8.71. The zero-order chi connectivity index (χ0) is 9.80. The smallest absolute Gasteiger partial charge is 0.0868 e. The molecule has 3 heteroatoms. The summed E-state index contributed by atoms with van der Waals surface area (Å²) in [5.41, 5.74) is 0. The van der Waals surface area contributed by atoms with Crippen LogP contribution in [0.2, 0.25) is 0 Å². The molecular weight excluding hydrogens is 174 g/mol. The first kappa shape index (κ1) is 9.95. The Morgan fingerprint density at radius 2 is 2.14 bits per heavy atom. The van der Waals surface area contributed by atoms with Gasteiger partial charge in [-0.25, -0.2) is 0 Å². The predicted molar refractivity (Wildman–Crippen MR) is 55.8 cm³/mol. The molecule has 0 aromatic rings. The summed E-state index contributed by atoms with van der Waals surface area (Å²) < 4.78 is 0. The lowest BCUT2D eigenvalue weighted by Gasteiger charge is -2.34. The van der Waals surface area contributed by atoms with Crippen LogP contribution in [0.15, 0.2) is 0 Å². The van der Waals surface area contributed by atoms with E-state index in [0.29, 0.717) is 12.6 Å². The highest BCUT2D eigenvalue weighted by molar-refractivity contribution is 4.88. The van der Waals surface area contributed by atoms with Gasteiger partial charge in [-0.15, -0.1) is 0 Å². The maximum Gasteiger partial charge on any atom is 0.0868 e. The van der Waals surface area contributed by atoms with E-state index in [0.717, 1.165) is 19.1 Å². The molecule has 1 saturated heterocycles. The van der Waals surface area contributed by atoms with E-state index in [9.17, 15) is 0 Å². The lowest BCUT2D eigenvalue weighted by molar-refractivity contribution is 0.163. The SMILES string of the molecule is N#CCN1CCCCC1CNC1CC1. The number of hydrogen-bond donors (Lipinski definition) is 1. The largest absolute Gasteiger partial charge is 0.312 e. The molecular formula is C11H19N3. The third-order valence-electron chi connectivity index (χ3n) is 3.24. The second kappa shape index (κ2) is 4.77. The molecule has 1 saturated carbocycles. The summed E-state index contributed by atoms with van der Waals surface area (Å²) >= 11 is 0. The summed E-state index contributed by atoms with van der Waals surface area (Å²) in [6, 6.07) is 3.68. The van der Waals surface area contributed by atoms with E-state index in [4.69, 9.17) is 5.26 Å². The van der Waals surface area contributed by atoms with Crippen molar-refractivity contribution in [2.24, 2.45) is 0 Å². The Morgan fingerprint density at radius 3 is 2.86 bits per heavy atom. The van der Waals surface area contributed by atoms with Crippen molar-refractivity contribution in [3.8, 4) is 6.07 Å². The van der Waals surface area contributed by atoms with Crippen LogP contribution in [0.1, 0.15) is 32.1 Å². The van der Waals surface area contributed by atoms with Crippen molar-refractivity contribution in [2.45, 2.75) is 44.2 Å². The molecule has 0 amide bonds. The molecule has 1 N–H and O–H groups in total. The normalized spacial score (nSPS) is 28.6. The van der Waals surface area contributed by atoms with Crippen LogP contribution in [0.3, 0.4) is 0 Å². The molecule has 2 rings (SSSR count). The zero-order valence-electron chi connectivity index (χ0n) is 8.71. The van der Waals surface area contributed by atoms with Crippen molar-refractivity contribution in [2.75, 3.05) is 19.6 Å². The van der Waals surface area contributed by atoms with Crippen LogP contribution in [0.4, 0.5) is 0 Å². The minimum absolute atomic E-state index is 0.608. The third kappa shape index (κ3) is 2.70. The number of hydrogen-bond acceptors (Lipinski definition) is 3. The van der Waals surface area contributed by atoms with Gasteiger partial charge >= 0.3 is 0 Å². The Hall–Kier alpha value is -0.590. The second-order valence-corrected chi connectivity index (χ2v) is 4.46. The Balaban J connectivity index is 1.76. The maximum atomic E-state index is 8.71. The van der Waals surface area contributed by atoms with Crippen LogP contribution in [0.25, 0.3) is 0 Å². The average Bonchev–Trinajstić information content (AvgIpc) is 3.01.